The van der Waals surface area contributed by atoms with E-state index in [1.807, 2.05) is 30.3 Å². The summed E-state index contributed by atoms with van der Waals surface area (Å²) in [5, 5.41) is 3.80. The fraction of sp³-hybridized carbons (Fsp3) is 0. The Kier molecular flexibility index (Phi) is 2.90. The molecule has 2 heterocycles. The van der Waals surface area contributed by atoms with E-state index in [1.54, 1.807) is 30.6 Å². The van der Waals surface area contributed by atoms with Gasteiger partial charge in [0.2, 0.25) is 0 Å². The molecule has 1 N–H and O–H groups in total. The maximum atomic E-state index is 12.1. The van der Waals surface area contributed by atoms with Gasteiger partial charge in [-0.1, -0.05) is 24.3 Å². The molecule has 0 saturated carbocycles. The molecular weight excluding hydrogens is 238 g/mol. The van der Waals surface area contributed by atoms with Crippen LogP contribution in [0.2, 0.25) is 0 Å². The van der Waals surface area contributed by atoms with Gasteiger partial charge in [-0.15, -0.1) is 0 Å². The van der Waals surface area contributed by atoms with Gasteiger partial charge in [0.15, 0.2) is 0 Å². The van der Waals surface area contributed by atoms with Crippen LogP contribution in [0.15, 0.2) is 60.9 Å². The highest BCUT2D eigenvalue weighted by Crippen LogP contribution is 2.13. The molecule has 0 saturated heterocycles. The Balaban J connectivity index is 1.89. The Morgan fingerprint density at radius 3 is 2.58 bits per heavy atom. The van der Waals surface area contributed by atoms with E-state index in [9.17, 15) is 4.79 Å². The topological polar surface area (TPSA) is 54.9 Å². The Morgan fingerprint density at radius 2 is 1.74 bits per heavy atom. The quantitative estimate of drug-likeness (QED) is 0.759. The number of carbonyl (C=O) groups is 1. The first-order chi connectivity index (χ1) is 9.33. The predicted octanol–water partition coefficient (Wildman–Crippen LogP) is 2.88. The van der Waals surface area contributed by atoms with Crippen molar-refractivity contribution in [1.82, 2.24) is 9.97 Å². The Labute approximate surface area is 110 Å². The van der Waals surface area contributed by atoms with Crippen LogP contribution in [0, 0.1) is 0 Å². The van der Waals surface area contributed by atoms with Crippen LogP contribution in [0.5, 0.6) is 0 Å². The minimum absolute atomic E-state index is 0.225. The summed E-state index contributed by atoms with van der Waals surface area (Å²) in [6, 6.07) is 14.8. The van der Waals surface area contributed by atoms with Crippen LogP contribution in [-0.2, 0) is 0 Å². The number of benzene rings is 1. The molecule has 0 fully saturated rings. The normalized spacial score (nSPS) is 10.3. The number of carbonyl (C=O) groups excluding carboxylic acids is 1. The van der Waals surface area contributed by atoms with Crippen molar-refractivity contribution in [2.24, 2.45) is 0 Å². The minimum Gasteiger partial charge on any atom is -0.321 e. The molecule has 4 heteroatoms. The molecule has 19 heavy (non-hydrogen) atoms. The van der Waals surface area contributed by atoms with E-state index in [4.69, 9.17) is 0 Å². The first-order valence-electron chi connectivity index (χ1n) is 5.90. The van der Waals surface area contributed by atoms with Crippen molar-refractivity contribution in [3.05, 3.63) is 66.6 Å². The Hall–Kier alpha value is -2.75. The third-order valence-corrected chi connectivity index (χ3v) is 2.77. The van der Waals surface area contributed by atoms with Gasteiger partial charge in [-0.3, -0.25) is 9.78 Å². The van der Waals surface area contributed by atoms with E-state index >= 15 is 0 Å². The van der Waals surface area contributed by atoms with Gasteiger partial charge >= 0.3 is 0 Å². The fourth-order valence-electron chi connectivity index (χ4n) is 1.82. The highest BCUT2D eigenvalue weighted by atomic mass is 16.1. The van der Waals surface area contributed by atoms with E-state index in [-0.39, 0.29) is 5.91 Å². The number of amides is 1. The summed E-state index contributed by atoms with van der Waals surface area (Å²) < 4.78 is 0. The van der Waals surface area contributed by atoms with E-state index in [0.717, 1.165) is 10.9 Å². The number of nitrogens with one attached hydrogen (secondary N) is 1. The molecule has 0 aliphatic rings. The van der Waals surface area contributed by atoms with E-state index in [1.165, 1.54) is 0 Å². The standard InChI is InChI=1S/C15H11N3O/c19-15(17-12-7-9-16-10-8-12)14-6-5-11-3-1-2-4-13(11)18-14/h1-10H,(H,16,17,19). The molecule has 1 amide bonds. The van der Waals surface area contributed by atoms with Gasteiger partial charge in [-0.2, -0.15) is 0 Å². The predicted molar refractivity (Wildman–Crippen MR) is 73.9 cm³/mol. The minimum atomic E-state index is -0.225. The zero-order valence-electron chi connectivity index (χ0n) is 10.1. The molecule has 0 unspecified atom stereocenters. The summed E-state index contributed by atoms with van der Waals surface area (Å²) in [7, 11) is 0. The number of hydrogen-bond donors (Lipinski definition) is 1. The van der Waals surface area contributed by atoms with Crippen molar-refractivity contribution in [2.45, 2.75) is 0 Å². The summed E-state index contributed by atoms with van der Waals surface area (Å²) in [4.78, 5) is 20.3. The van der Waals surface area contributed by atoms with Gasteiger partial charge < -0.3 is 5.32 Å². The van der Waals surface area contributed by atoms with Crippen molar-refractivity contribution in [3.8, 4) is 0 Å². The maximum Gasteiger partial charge on any atom is 0.274 e. The van der Waals surface area contributed by atoms with Crippen LogP contribution in [0.3, 0.4) is 0 Å². The molecule has 2 aromatic heterocycles. The molecule has 0 atom stereocenters. The number of nitrogens with zero attached hydrogens (tertiary/aromatic N) is 2. The highest BCUT2D eigenvalue weighted by Gasteiger charge is 2.08. The number of fused-ring (bicyclic) bond motifs is 1. The Bertz CT molecular complexity index is 726. The lowest BCUT2D eigenvalue weighted by Gasteiger charge is -2.05. The van der Waals surface area contributed by atoms with E-state index in [2.05, 4.69) is 15.3 Å². The lowest BCUT2D eigenvalue weighted by Crippen LogP contribution is -2.13. The van der Waals surface area contributed by atoms with Crippen molar-refractivity contribution in [2.75, 3.05) is 5.32 Å². The number of aromatic nitrogens is 2. The first-order valence-corrected chi connectivity index (χ1v) is 5.90. The number of hydrogen-bond acceptors (Lipinski definition) is 3. The molecule has 92 valence electrons. The van der Waals surface area contributed by atoms with Gasteiger partial charge in [0.1, 0.15) is 5.69 Å². The van der Waals surface area contributed by atoms with Crippen LogP contribution in [0.1, 0.15) is 10.5 Å². The summed E-state index contributed by atoms with van der Waals surface area (Å²) in [5.74, 6) is -0.225. The number of rotatable bonds is 2. The zero-order valence-corrected chi connectivity index (χ0v) is 10.1. The monoisotopic (exact) mass is 249 g/mol. The molecule has 0 radical (unpaired) electrons. The molecule has 3 aromatic rings. The average Bonchev–Trinajstić information content (AvgIpc) is 2.48. The molecule has 0 aliphatic carbocycles. The lowest BCUT2D eigenvalue weighted by atomic mass is 10.2. The maximum absolute atomic E-state index is 12.1. The van der Waals surface area contributed by atoms with Crippen molar-refractivity contribution in [1.29, 1.82) is 0 Å². The average molecular weight is 249 g/mol. The van der Waals surface area contributed by atoms with Crippen LogP contribution in [0.4, 0.5) is 5.69 Å². The molecule has 3 rings (SSSR count). The molecule has 4 nitrogen and oxygen atoms in total. The van der Waals surface area contributed by atoms with Gasteiger partial charge in [0.25, 0.3) is 5.91 Å². The van der Waals surface area contributed by atoms with Crippen LogP contribution in [0.25, 0.3) is 10.9 Å². The molecule has 0 aliphatic heterocycles. The van der Waals surface area contributed by atoms with Crippen LogP contribution < -0.4 is 5.32 Å². The fourth-order valence-corrected chi connectivity index (χ4v) is 1.82. The summed E-state index contributed by atoms with van der Waals surface area (Å²) >= 11 is 0. The number of anilines is 1. The second-order valence-corrected chi connectivity index (χ2v) is 4.08. The van der Waals surface area contributed by atoms with Crippen molar-refractivity contribution in [3.63, 3.8) is 0 Å². The van der Waals surface area contributed by atoms with Crippen molar-refractivity contribution >= 4 is 22.5 Å². The third kappa shape index (κ3) is 2.42. The molecule has 0 bridgehead atoms. The Morgan fingerprint density at radius 1 is 0.947 bits per heavy atom. The smallest absolute Gasteiger partial charge is 0.274 e. The largest absolute Gasteiger partial charge is 0.321 e. The second-order valence-electron chi connectivity index (χ2n) is 4.08. The number of pyridine rings is 2. The van der Waals surface area contributed by atoms with Gasteiger partial charge in [-0.05, 0) is 24.3 Å². The number of para-hydroxylation sites is 1. The third-order valence-electron chi connectivity index (χ3n) is 2.77. The first kappa shape index (κ1) is 11.3. The molecular formula is C15H11N3O. The lowest BCUT2D eigenvalue weighted by molar-refractivity contribution is 0.102. The van der Waals surface area contributed by atoms with Crippen LogP contribution >= 0.6 is 0 Å². The van der Waals surface area contributed by atoms with Crippen LogP contribution in [-0.4, -0.2) is 15.9 Å². The van der Waals surface area contributed by atoms with Gasteiger partial charge in [0, 0.05) is 23.5 Å². The summed E-state index contributed by atoms with van der Waals surface area (Å²) in [6.07, 6.45) is 3.26. The molecule has 0 spiro atoms. The van der Waals surface area contributed by atoms with Gasteiger partial charge in [0.05, 0.1) is 5.52 Å². The van der Waals surface area contributed by atoms with E-state index < -0.39 is 0 Å². The zero-order chi connectivity index (χ0) is 13.1. The van der Waals surface area contributed by atoms with Crippen molar-refractivity contribution < 1.29 is 4.79 Å². The van der Waals surface area contributed by atoms with Gasteiger partial charge in [-0.25, -0.2) is 4.98 Å². The summed E-state index contributed by atoms with van der Waals surface area (Å²) in [6.45, 7) is 0. The molecule has 1 aromatic carbocycles. The second kappa shape index (κ2) is 4.86. The highest BCUT2D eigenvalue weighted by molar-refractivity contribution is 6.03. The SMILES string of the molecule is O=C(Nc1ccncc1)c1ccc2ccccc2n1. The summed E-state index contributed by atoms with van der Waals surface area (Å²) in [5.41, 5.74) is 1.91. The van der Waals surface area contributed by atoms with E-state index in [0.29, 0.717) is 11.4 Å².